The second kappa shape index (κ2) is 8.21. The van der Waals surface area contributed by atoms with Crippen molar-refractivity contribution < 1.29 is 19.5 Å². The predicted molar refractivity (Wildman–Crippen MR) is 98.2 cm³/mol. The minimum Gasteiger partial charge on any atom is -0.481 e. The zero-order chi connectivity index (χ0) is 18.7. The first-order valence-corrected chi connectivity index (χ1v) is 9.65. The lowest BCUT2D eigenvalue weighted by Gasteiger charge is -2.35. The van der Waals surface area contributed by atoms with E-state index >= 15 is 0 Å². The van der Waals surface area contributed by atoms with E-state index in [1.165, 1.54) is 0 Å². The van der Waals surface area contributed by atoms with Crippen LogP contribution in [0.1, 0.15) is 48.9 Å². The number of hydrogen-bond donors (Lipinski definition) is 1. The minimum absolute atomic E-state index is 0.0528. The van der Waals surface area contributed by atoms with Gasteiger partial charge >= 0.3 is 5.97 Å². The fourth-order valence-corrected chi connectivity index (χ4v) is 4.18. The number of carbonyl (C=O) groups excluding carboxylic acids is 2. The molecule has 2 fully saturated rings. The van der Waals surface area contributed by atoms with E-state index in [0.717, 1.165) is 0 Å². The van der Waals surface area contributed by atoms with Gasteiger partial charge in [0.15, 0.2) is 5.78 Å². The molecule has 5 nitrogen and oxygen atoms in total. The Bertz CT molecular complexity index is 672. The van der Waals surface area contributed by atoms with Crippen LogP contribution in [0.15, 0.2) is 24.3 Å². The normalized spacial score (nSPS) is 24.3. The van der Waals surface area contributed by atoms with Gasteiger partial charge in [-0.25, -0.2) is 0 Å². The number of nitrogens with zero attached hydrogens (tertiary/aromatic N) is 1. The second-order valence-electron chi connectivity index (χ2n) is 7.36. The molecule has 1 aliphatic carbocycles. The molecule has 1 saturated carbocycles. The number of rotatable bonds is 4. The van der Waals surface area contributed by atoms with E-state index in [4.69, 9.17) is 16.7 Å². The highest BCUT2D eigenvalue weighted by molar-refractivity contribution is 6.30. The van der Waals surface area contributed by atoms with Crippen molar-refractivity contribution in [3.8, 4) is 0 Å². The van der Waals surface area contributed by atoms with Gasteiger partial charge in [0.2, 0.25) is 5.91 Å². The van der Waals surface area contributed by atoms with Crippen LogP contribution in [0.4, 0.5) is 0 Å². The van der Waals surface area contributed by atoms with Crippen LogP contribution in [0.2, 0.25) is 5.02 Å². The highest BCUT2D eigenvalue weighted by Crippen LogP contribution is 2.31. The Morgan fingerprint density at radius 1 is 0.846 bits per heavy atom. The summed E-state index contributed by atoms with van der Waals surface area (Å²) >= 11 is 5.87. The lowest BCUT2D eigenvalue weighted by atomic mass is 9.81. The van der Waals surface area contributed by atoms with Gasteiger partial charge in [-0.05, 0) is 62.8 Å². The largest absolute Gasteiger partial charge is 0.481 e. The molecular weight excluding hydrogens is 354 g/mol. The number of piperidine rings is 1. The van der Waals surface area contributed by atoms with E-state index in [1.54, 1.807) is 24.3 Å². The number of Topliss-reactive ketones (excluding diaryl/α,β-unsaturated/α-hetero) is 1. The van der Waals surface area contributed by atoms with E-state index < -0.39 is 5.97 Å². The standard InChI is InChI=1S/C20H24ClNO4/c21-17-7-5-13(6-8-17)18(23)14-9-11-22(12-10-14)19(24)15-1-3-16(4-2-15)20(25)26/h5-8,14-16H,1-4,9-12H2,(H,25,26). The number of carboxylic acids is 1. The molecule has 1 heterocycles. The van der Waals surface area contributed by atoms with Gasteiger partial charge in [-0.1, -0.05) is 11.6 Å². The molecule has 1 N–H and O–H groups in total. The summed E-state index contributed by atoms with van der Waals surface area (Å²) < 4.78 is 0. The summed E-state index contributed by atoms with van der Waals surface area (Å²) in [5, 5.41) is 9.68. The SMILES string of the molecule is O=C(O)C1CCC(C(=O)N2CCC(C(=O)c3ccc(Cl)cc3)CC2)CC1. The summed E-state index contributed by atoms with van der Waals surface area (Å²) in [6.07, 6.45) is 3.82. The molecule has 1 aliphatic heterocycles. The molecule has 0 bridgehead atoms. The number of halogens is 1. The maximum absolute atomic E-state index is 12.7. The third kappa shape index (κ3) is 4.26. The lowest BCUT2D eigenvalue weighted by molar-refractivity contribution is -0.146. The molecule has 26 heavy (non-hydrogen) atoms. The van der Waals surface area contributed by atoms with Crippen LogP contribution in [0.3, 0.4) is 0 Å². The van der Waals surface area contributed by atoms with Gasteiger partial charge < -0.3 is 10.0 Å². The number of amides is 1. The Hall–Kier alpha value is -1.88. The number of aliphatic carboxylic acids is 1. The highest BCUT2D eigenvalue weighted by atomic mass is 35.5. The highest BCUT2D eigenvalue weighted by Gasteiger charge is 2.34. The third-order valence-corrected chi connectivity index (χ3v) is 5.98. The molecule has 6 heteroatoms. The van der Waals surface area contributed by atoms with Crippen molar-refractivity contribution >= 4 is 29.3 Å². The number of carbonyl (C=O) groups is 3. The number of hydrogen-bond acceptors (Lipinski definition) is 3. The first kappa shape index (κ1) is 18.9. The Morgan fingerprint density at radius 2 is 1.38 bits per heavy atom. The van der Waals surface area contributed by atoms with Gasteiger partial charge in [0.1, 0.15) is 0 Å². The molecule has 1 aromatic rings. The molecule has 0 spiro atoms. The Morgan fingerprint density at radius 3 is 1.92 bits per heavy atom. The van der Waals surface area contributed by atoms with Gasteiger partial charge in [0.05, 0.1) is 5.92 Å². The van der Waals surface area contributed by atoms with Crippen molar-refractivity contribution in [2.75, 3.05) is 13.1 Å². The molecule has 2 aliphatic rings. The van der Waals surface area contributed by atoms with Crippen LogP contribution in [0, 0.1) is 17.8 Å². The molecule has 0 atom stereocenters. The van der Waals surface area contributed by atoms with Crippen LogP contribution in [-0.2, 0) is 9.59 Å². The lowest BCUT2D eigenvalue weighted by Crippen LogP contribution is -2.44. The van der Waals surface area contributed by atoms with Gasteiger partial charge in [-0.2, -0.15) is 0 Å². The van der Waals surface area contributed by atoms with Crippen molar-refractivity contribution in [1.82, 2.24) is 4.90 Å². The maximum Gasteiger partial charge on any atom is 0.306 e. The minimum atomic E-state index is -0.752. The van der Waals surface area contributed by atoms with Crippen LogP contribution in [-0.4, -0.2) is 40.8 Å². The van der Waals surface area contributed by atoms with Gasteiger partial charge in [0.25, 0.3) is 0 Å². The average Bonchev–Trinajstić information content (AvgIpc) is 2.67. The molecule has 0 aromatic heterocycles. The van der Waals surface area contributed by atoms with Gasteiger partial charge in [-0.3, -0.25) is 14.4 Å². The van der Waals surface area contributed by atoms with Crippen molar-refractivity contribution in [3.05, 3.63) is 34.9 Å². The number of ketones is 1. The fraction of sp³-hybridized carbons (Fsp3) is 0.550. The molecule has 140 valence electrons. The first-order valence-electron chi connectivity index (χ1n) is 9.27. The maximum atomic E-state index is 12.7. The molecule has 1 amide bonds. The zero-order valence-electron chi connectivity index (χ0n) is 14.7. The summed E-state index contributed by atoms with van der Waals surface area (Å²) in [5.41, 5.74) is 0.672. The van der Waals surface area contributed by atoms with Crippen molar-refractivity contribution in [2.24, 2.45) is 17.8 Å². The fourth-order valence-electron chi connectivity index (χ4n) is 4.06. The number of benzene rings is 1. The quantitative estimate of drug-likeness (QED) is 0.812. The van der Waals surface area contributed by atoms with Crippen LogP contribution in [0.5, 0.6) is 0 Å². The average molecular weight is 378 g/mol. The Kier molecular flexibility index (Phi) is 5.97. The zero-order valence-corrected chi connectivity index (χ0v) is 15.5. The molecule has 0 radical (unpaired) electrons. The Labute approximate surface area is 158 Å². The summed E-state index contributed by atoms with van der Waals surface area (Å²) in [7, 11) is 0. The van der Waals surface area contributed by atoms with Crippen molar-refractivity contribution in [2.45, 2.75) is 38.5 Å². The molecule has 1 saturated heterocycles. The van der Waals surface area contributed by atoms with Crippen LogP contribution < -0.4 is 0 Å². The number of likely N-dealkylation sites (tertiary alicyclic amines) is 1. The molecule has 1 aromatic carbocycles. The van der Waals surface area contributed by atoms with E-state index in [9.17, 15) is 14.4 Å². The smallest absolute Gasteiger partial charge is 0.306 e. The predicted octanol–water partition coefficient (Wildman–Crippen LogP) is 3.65. The van der Waals surface area contributed by atoms with E-state index in [0.29, 0.717) is 62.2 Å². The van der Waals surface area contributed by atoms with Crippen molar-refractivity contribution in [3.63, 3.8) is 0 Å². The van der Waals surface area contributed by atoms with E-state index in [1.807, 2.05) is 4.90 Å². The summed E-state index contributed by atoms with van der Waals surface area (Å²) in [4.78, 5) is 38.2. The van der Waals surface area contributed by atoms with Crippen LogP contribution >= 0.6 is 11.6 Å². The molecule has 3 rings (SSSR count). The van der Waals surface area contributed by atoms with Gasteiger partial charge in [-0.15, -0.1) is 0 Å². The topological polar surface area (TPSA) is 74.7 Å². The van der Waals surface area contributed by atoms with Crippen LogP contribution in [0.25, 0.3) is 0 Å². The van der Waals surface area contributed by atoms with E-state index in [-0.39, 0.29) is 29.4 Å². The third-order valence-electron chi connectivity index (χ3n) is 5.73. The van der Waals surface area contributed by atoms with Gasteiger partial charge in [0, 0.05) is 35.5 Å². The van der Waals surface area contributed by atoms with Crippen molar-refractivity contribution in [1.29, 1.82) is 0 Å². The monoisotopic (exact) mass is 377 g/mol. The summed E-state index contributed by atoms with van der Waals surface area (Å²) in [6, 6.07) is 6.95. The molecular formula is C20H24ClNO4. The first-order chi connectivity index (χ1) is 12.5. The molecule has 0 unspecified atom stereocenters. The summed E-state index contributed by atoms with van der Waals surface area (Å²) in [5.74, 6) is -0.918. The van der Waals surface area contributed by atoms with E-state index in [2.05, 4.69) is 0 Å². The summed E-state index contributed by atoms with van der Waals surface area (Å²) in [6.45, 7) is 1.20. The number of carboxylic acid groups (broad SMARTS) is 1. The Balaban J connectivity index is 1.50. The second-order valence-corrected chi connectivity index (χ2v) is 7.79.